The highest BCUT2D eigenvalue weighted by molar-refractivity contribution is 7.80. The molecule has 0 atom stereocenters. The van der Waals surface area contributed by atoms with E-state index in [9.17, 15) is 7.77 Å². The lowest BCUT2D eigenvalue weighted by atomic mass is 9.87. The molecule has 0 fully saturated rings. The molecule has 220 valence electrons. The molecule has 10 heteroatoms. The number of benzene rings is 5. The van der Waals surface area contributed by atoms with Gasteiger partial charge >= 0.3 is 0 Å². The molecule has 2 aliphatic rings. The molecule has 0 amide bonds. The fraction of sp³-hybridized carbons (Fsp3) is 0. The zero-order valence-corrected chi connectivity index (χ0v) is 24.4. The highest BCUT2D eigenvalue weighted by Gasteiger charge is 2.37. The Morgan fingerprint density at radius 2 is 0.864 bits per heavy atom. The van der Waals surface area contributed by atoms with Crippen molar-refractivity contribution in [1.29, 1.82) is 0 Å². The van der Waals surface area contributed by atoms with Crippen LogP contribution in [0.3, 0.4) is 0 Å². The van der Waals surface area contributed by atoms with Gasteiger partial charge < -0.3 is 9.11 Å². The summed E-state index contributed by atoms with van der Waals surface area (Å²) in [6, 6.07) is 46.1. The maximum absolute atomic E-state index is 10.1. The SMILES string of the molecule is C1=C(c2ccccc2)c2ccccc2[C+]1c1ccc([C+]2c3ccccc3-c3ccccc32)cc1.O=S(=O)([O-])F.O=S(=O)([O-])F. The first-order chi connectivity index (χ1) is 20.9. The topological polar surface area (TPSA) is 114 Å². The van der Waals surface area contributed by atoms with Crippen molar-refractivity contribution < 1.29 is 33.7 Å². The summed E-state index contributed by atoms with van der Waals surface area (Å²) >= 11 is 0. The number of halogens is 2. The van der Waals surface area contributed by atoms with Crippen LogP contribution in [0.25, 0.3) is 16.7 Å². The zero-order chi connectivity index (χ0) is 31.5. The standard InChI is InChI=1S/C34H22.2FHO3S/c1-2-10-23(11-3-1)32-22-33(29-15-5-4-14-28(29)32)24-18-20-25(21-19-24)34-30-16-8-6-12-26(30)27-13-7-9-17-31(27)34;2*1-5(2,3)4/h1-22H;2*(H,2,3,4)/q+2;;/p-2. The molecule has 0 spiro atoms. The van der Waals surface area contributed by atoms with E-state index in [2.05, 4.69) is 133 Å². The first kappa shape index (κ1) is 30.7. The largest absolute Gasteiger partial charge is 0.722 e. The molecule has 5 aromatic rings. The first-order valence-corrected chi connectivity index (χ1v) is 15.7. The molecule has 0 aromatic heterocycles. The second-order valence-electron chi connectivity index (χ2n) is 9.71. The summed E-state index contributed by atoms with van der Waals surface area (Å²) in [5.74, 6) is 2.62. The molecule has 0 unspecified atom stereocenters. The Balaban J connectivity index is 0.000000336. The normalized spacial score (nSPS) is 13.0. The van der Waals surface area contributed by atoms with E-state index in [1.165, 1.54) is 67.5 Å². The van der Waals surface area contributed by atoms with Gasteiger partial charge in [0.25, 0.3) is 21.0 Å². The van der Waals surface area contributed by atoms with Crippen molar-refractivity contribution in [2.24, 2.45) is 0 Å². The predicted octanol–water partition coefficient (Wildman–Crippen LogP) is 6.93. The molecule has 7 rings (SSSR count). The van der Waals surface area contributed by atoms with Gasteiger partial charge in [0.2, 0.25) is 0 Å². The fourth-order valence-corrected chi connectivity index (χ4v) is 5.49. The Bertz CT molecular complexity index is 1950. The van der Waals surface area contributed by atoms with Crippen molar-refractivity contribution in [1.82, 2.24) is 0 Å². The molecule has 0 saturated heterocycles. The van der Waals surface area contributed by atoms with Gasteiger partial charge in [0.15, 0.2) is 0 Å². The summed E-state index contributed by atoms with van der Waals surface area (Å²) in [5, 5.41) is 0. The lowest BCUT2D eigenvalue weighted by molar-refractivity contribution is 0.414. The molecule has 2 aliphatic carbocycles. The van der Waals surface area contributed by atoms with Gasteiger partial charge in [0.05, 0.1) is 61.9 Å². The number of fused-ring (bicyclic) bond motifs is 4. The van der Waals surface area contributed by atoms with E-state index in [0.717, 1.165) is 0 Å². The maximum atomic E-state index is 10.1. The molecular weight excluding hydrogens is 606 g/mol. The summed E-state index contributed by atoms with van der Waals surface area (Å²) in [6.45, 7) is 0. The van der Waals surface area contributed by atoms with Crippen LogP contribution >= 0.6 is 0 Å². The van der Waals surface area contributed by atoms with Gasteiger partial charge in [0.1, 0.15) is 0 Å². The van der Waals surface area contributed by atoms with Crippen LogP contribution in [-0.2, 0) is 21.0 Å². The average Bonchev–Trinajstić information content (AvgIpc) is 3.53. The third kappa shape index (κ3) is 7.24. The van der Waals surface area contributed by atoms with E-state index in [4.69, 9.17) is 25.9 Å². The molecule has 44 heavy (non-hydrogen) atoms. The third-order valence-corrected chi connectivity index (χ3v) is 7.05. The Kier molecular flexibility index (Phi) is 8.70. The van der Waals surface area contributed by atoms with Crippen LogP contribution in [0.2, 0.25) is 0 Å². The van der Waals surface area contributed by atoms with Crippen LogP contribution in [-0.4, -0.2) is 25.9 Å². The van der Waals surface area contributed by atoms with Crippen LogP contribution in [0.1, 0.15) is 38.9 Å². The molecule has 6 nitrogen and oxygen atoms in total. The van der Waals surface area contributed by atoms with E-state index in [0.29, 0.717) is 0 Å². The second-order valence-corrected chi connectivity index (χ2v) is 11.3. The monoisotopic (exact) mass is 628 g/mol. The molecular formula is C34H22F2O6S2. The molecule has 0 saturated carbocycles. The molecule has 0 heterocycles. The zero-order valence-electron chi connectivity index (χ0n) is 22.7. The Labute approximate surface area is 255 Å². The molecule has 0 radical (unpaired) electrons. The minimum Gasteiger partial charge on any atom is -0.722 e. The van der Waals surface area contributed by atoms with Gasteiger partial charge in [-0.1, -0.05) is 18.2 Å². The van der Waals surface area contributed by atoms with Crippen LogP contribution < -0.4 is 0 Å². The van der Waals surface area contributed by atoms with Crippen LogP contribution in [0, 0.1) is 11.8 Å². The van der Waals surface area contributed by atoms with Crippen molar-refractivity contribution >= 4 is 26.6 Å². The van der Waals surface area contributed by atoms with Crippen molar-refractivity contribution in [2.45, 2.75) is 0 Å². The molecule has 0 N–H and O–H groups in total. The predicted molar refractivity (Wildman–Crippen MR) is 162 cm³/mol. The van der Waals surface area contributed by atoms with Gasteiger partial charge in [-0.3, -0.25) is 0 Å². The Morgan fingerprint density at radius 1 is 0.477 bits per heavy atom. The van der Waals surface area contributed by atoms with Crippen molar-refractivity contribution in [2.75, 3.05) is 0 Å². The highest BCUT2D eigenvalue weighted by atomic mass is 32.3. The van der Waals surface area contributed by atoms with Gasteiger partial charge in [-0.25, -0.2) is 16.8 Å². The van der Waals surface area contributed by atoms with Crippen LogP contribution in [0.5, 0.6) is 0 Å². The van der Waals surface area contributed by atoms with Gasteiger partial charge in [-0.2, -0.15) is 0 Å². The minimum atomic E-state index is -5.42. The van der Waals surface area contributed by atoms with E-state index >= 15 is 0 Å². The van der Waals surface area contributed by atoms with Crippen molar-refractivity contribution in [3.63, 3.8) is 0 Å². The van der Waals surface area contributed by atoms with Crippen LogP contribution in [0.15, 0.2) is 133 Å². The summed E-state index contributed by atoms with van der Waals surface area (Å²) in [7, 11) is -10.8. The Morgan fingerprint density at radius 3 is 1.36 bits per heavy atom. The van der Waals surface area contributed by atoms with Gasteiger partial charge in [0, 0.05) is 35.9 Å². The number of allylic oxidation sites excluding steroid dienone is 1. The number of hydrogen-bond donors (Lipinski definition) is 0. The minimum absolute atomic E-state index is 1.25. The Hall–Kier alpha value is -4.74. The third-order valence-electron chi connectivity index (χ3n) is 7.05. The summed E-state index contributed by atoms with van der Waals surface area (Å²) in [5.41, 5.74) is 13.0. The smallest absolute Gasteiger partial charge is 0.255 e. The fourth-order valence-electron chi connectivity index (χ4n) is 5.49. The number of hydrogen-bond acceptors (Lipinski definition) is 6. The molecule has 5 aromatic carbocycles. The summed E-state index contributed by atoms with van der Waals surface area (Å²) < 4.78 is 70.7. The van der Waals surface area contributed by atoms with Gasteiger partial charge in [-0.15, -0.1) is 7.77 Å². The number of rotatable bonds is 3. The molecule has 0 aliphatic heterocycles. The van der Waals surface area contributed by atoms with E-state index in [1.54, 1.807) is 0 Å². The summed E-state index contributed by atoms with van der Waals surface area (Å²) in [4.78, 5) is 0. The second kappa shape index (κ2) is 12.5. The first-order valence-electron chi connectivity index (χ1n) is 13.1. The van der Waals surface area contributed by atoms with Crippen molar-refractivity contribution in [3.05, 3.63) is 184 Å². The quantitative estimate of drug-likeness (QED) is 0.119. The average molecular weight is 629 g/mol. The van der Waals surface area contributed by atoms with E-state index in [-0.39, 0.29) is 0 Å². The molecule has 0 bridgehead atoms. The lowest BCUT2D eigenvalue weighted by Gasteiger charge is -2.09. The van der Waals surface area contributed by atoms with Crippen molar-refractivity contribution in [3.8, 4) is 11.1 Å². The van der Waals surface area contributed by atoms with Crippen LogP contribution in [0.4, 0.5) is 7.77 Å². The van der Waals surface area contributed by atoms with E-state index < -0.39 is 21.0 Å². The maximum Gasteiger partial charge on any atom is 0.255 e. The van der Waals surface area contributed by atoms with Gasteiger partial charge in [-0.05, 0) is 84.9 Å². The van der Waals surface area contributed by atoms with E-state index in [1.807, 2.05) is 0 Å². The summed E-state index contributed by atoms with van der Waals surface area (Å²) in [6.07, 6.45) is 2.35. The highest BCUT2D eigenvalue weighted by Crippen LogP contribution is 2.48. The lowest BCUT2D eigenvalue weighted by Crippen LogP contribution is -2.02.